The van der Waals surface area contributed by atoms with Crippen LogP contribution in [0.25, 0.3) is 0 Å². The van der Waals surface area contributed by atoms with Crippen LogP contribution < -0.4 is 10.5 Å². The lowest BCUT2D eigenvalue weighted by atomic mass is 10.1. The molecule has 126 valence electrons. The number of sulfonamides is 1. The molecule has 0 bridgehead atoms. The minimum Gasteiger partial charge on any atom is -0.496 e. The van der Waals surface area contributed by atoms with Gasteiger partial charge in [0, 0.05) is 19.1 Å². The minimum absolute atomic E-state index is 0. The normalized spacial score (nSPS) is 19.5. The molecule has 1 heterocycles. The zero-order valence-electron chi connectivity index (χ0n) is 13.3. The molecule has 1 aliphatic heterocycles. The Hall–Kier alpha value is -0.820. The Kier molecular flexibility index (Phi) is 6.67. The van der Waals surface area contributed by atoms with Crippen molar-refractivity contribution in [3.63, 3.8) is 0 Å². The molecule has 0 aromatic heterocycles. The SMILES string of the molecule is COc1cc(C)c(S(=O)(=O)N2CCCCC2CN)cc1C.Cl. The van der Waals surface area contributed by atoms with Crippen molar-refractivity contribution in [2.45, 2.75) is 44.0 Å². The maximum atomic E-state index is 13.0. The molecule has 1 fully saturated rings. The Morgan fingerprint density at radius 1 is 1.27 bits per heavy atom. The van der Waals surface area contributed by atoms with E-state index < -0.39 is 10.0 Å². The van der Waals surface area contributed by atoms with Gasteiger partial charge in [0.25, 0.3) is 0 Å². The summed E-state index contributed by atoms with van der Waals surface area (Å²) >= 11 is 0. The second-order valence-corrected chi connectivity index (χ2v) is 7.45. The molecule has 0 radical (unpaired) electrons. The number of nitrogens with two attached hydrogens (primary N) is 1. The average Bonchev–Trinajstić information content (AvgIpc) is 2.48. The van der Waals surface area contributed by atoms with Crippen molar-refractivity contribution >= 4 is 22.4 Å². The molecule has 5 nitrogen and oxygen atoms in total. The number of hydrogen-bond acceptors (Lipinski definition) is 4. The van der Waals surface area contributed by atoms with Crippen molar-refractivity contribution in [2.24, 2.45) is 5.73 Å². The lowest BCUT2D eigenvalue weighted by molar-refractivity contribution is 0.257. The van der Waals surface area contributed by atoms with Gasteiger partial charge < -0.3 is 10.5 Å². The molecule has 7 heteroatoms. The first-order valence-corrected chi connectivity index (χ1v) is 8.73. The van der Waals surface area contributed by atoms with Gasteiger partial charge in [-0.25, -0.2) is 8.42 Å². The molecule has 1 aromatic rings. The Labute approximate surface area is 139 Å². The summed E-state index contributed by atoms with van der Waals surface area (Å²) < 4.78 is 32.7. The molecule has 22 heavy (non-hydrogen) atoms. The van der Waals surface area contributed by atoms with Crippen LogP contribution in [0.15, 0.2) is 17.0 Å². The molecule has 1 aromatic carbocycles. The number of nitrogens with zero attached hydrogens (tertiary/aromatic N) is 1. The predicted molar refractivity (Wildman–Crippen MR) is 90.3 cm³/mol. The van der Waals surface area contributed by atoms with Gasteiger partial charge in [-0.05, 0) is 49.9 Å². The topological polar surface area (TPSA) is 72.6 Å². The fourth-order valence-electron chi connectivity index (χ4n) is 2.91. The first-order valence-electron chi connectivity index (χ1n) is 7.29. The molecule has 2 N–H and O–H groups in total. The number of halogens is 1. The molecule has 2 rings (SSSR count). The second-order valence-electron chi connectivity index (χ2n) is 5.59. The van der Waals surface area contributed by atoms with Crippen molar-refractivity contribution in [2.75, 3.05) is 20.2 Å². The summed E-state index contributed by atoms with van der Waals surface area (Å²) in [5, 5.41) is 0. The maximum Gasteiger partial charge on any atom is 0.243 e. The molecule has 0 spiro atoms. The number of rotatable bonds is 4. The summed E-state index contributed by atoms with van der Waals surface area (Å²) in [5.74, 6) is 0.709. The minimum atomic E-state index is -3.50. The van der Waals surface area contributed by atoms with Gasteiger partial charge in [0.15, 0.2) is 0 Å². The number of ether oxygens (including phenoxy) is 1. The van der Waals surface area contributed by atoms with Gasteiger partial charge in [0.1, 0.15) is 5.75 Å². The number of piperidine rings is 1. The van der Waals surface area contributed by atoms with E-state index in [0.717, 1.165) is 24.8 Å². The van der Waals surface area contributed by atoms with Gasteiger partial charge in [0.2, 0.25) is 10.0 Å². The molecule has 1 unspecified atom stereocenters. The first-order chi connectivity index (χ1) is 9.91. The van der Waals surface area contributed by atoms with Crippen LogP contribution in [0.3, 0.4) is 0 Å². The third-order valence-corrected chi connectivity index (χ3v) is 6.22. The highest BCUT2D eigenvalue weighted by Crippen LogP contribution is 2.30. The van der Waals surface area contributed by atoms with E-state index in [1.165, 1.54) is 0 Å². The lowest BCUT2D eigenvalue weighted by Gasteiger charge is -2.34. The van der Waals surface area contributed by atoms with Crippen LogP contribution in [0.4, 0.5) is 0 Å². The predicted octanol–water partition coefficient (Wildman–Crippen LogP) is 2.24. The van der Waals surface area contributed by atoms with E-state index >= 15 is 0 Å². The molecule has 0 aliphatic carbocycles. The van der Waals surface area contributed by atoms with Gasteiger partial charge in [-0.2, -0.15) is 4.31 Å². The van der Waals surface area contributed by atoms with Crippen LogP contribution in [0.5, 0.6) is 5.75 Å². The van der Waals surface area contributed by atoms with E-state index in [9.17, 15) is 8.42 Å². The van der Waals surface area contributed by atoms with Crippen LogP contribution in [-0.2, 0) is 10.0 Å². The summed E-state index contributed by atoms with van der Waals surface area (Å²) in [6.07, 6.45) is 2.77. The molecule has 0 saturated carbocycles. The van der Waals surface area contributed by atoms with Gasteiger partial charge in [-0.3, -0.25) is 0 Å². The highest BCUT2D eigenvalue weighted by Gasteiger charge is 2.33. The number of methoxy groups -OCH3 is 1. The summed E-state index contributed by atoms with van der Waals surface area (Å²) in [6.45, 7) is 4.58. The average molecular weight is 349 g/mol. The van der Waals surface area contributed by atoms with Gasteiger partial charge in [-0.15, -0.1) is 12.4 Å². The zero-order valence-corrected chi connectivity index (χ0v) is 15.0. The van der Waals surface area contributed by atoms with E-state index in [1.807, 2.05) is 6.92 Å². The van der Waals surface area contributed by atoms with Gasteiger partial charge >= 0.3 is 0 Å². The van der Waals surface area contributed by atoms with Gasteiger partial charge in [0.05, 0.1) is 12.0 Å². The third-order valence-electron chi connectivity index (χ3n) is 4.12. The Morgan fingerprint density at radius 3 is 2.55 bits per heavy atom. The Balaban J connectivity index is 0.00000242. The van der Waals surface area contributed by atoms with Crippen molar-refractivity contribution in [3.05, 3.63) is 23.3 Å². The summed E-state index contributed by atoms with van der Waals surface area (Å²) in [5.41, 5.74) is 7.29. The van der Waals surface area contributed by atoms with Crippen molar-refractivity contribution < 1.29 is 13.2 Å². The van der Waals surface area contributed by atoms with Crippen LogP contribution in [0.1, 0.15) is 30.4 Å². The largest absolute Gasteiger partial charge is 0.496 e. The van der Waals surface area contributed by atoms with E-state index in [1.54, 1.807) is 30.5 Å². The zero-order chi connectivity index (χ0) is 15.6. The summed E-state index contributed by atoms with van der Waals surface area (Å²) in [7, 11) is -1.92. The summed E-state index contributed by atoms with van der Waals surface area (Å²) in [6, 6.07) is 3.39. The van der Waals surface area contributed by atoms with Crippen LogP contribution >= 0.6 is 12.4 Å². The first kappa shape index (κ1) is 19.2. The molecular weight excluding hydrogens is 324 g/mol. The van der Waals surface area contributed by atoms with Crippen LogP contribution in [-0.4, -0.2) is 39.0 Å². The fourth-order valence-corrected chi connectivity index (χ4v) is 4.91. The van der Waals surface area contributed by atoms with E-state index in [2.05, 4.69) is 0 Å². The Morgan fingerprint density at radius 2 is 1.95 bits per heavy atom. The lowest BCUT2D eigenvalue weighted by Crippen LogP contribution is -2.47. The van der Waals surface area contributed by atoms with Crippen molar-refractivity contribution in [3.8, 4) is 5.75 Å². The number of aryl methyl sites for hydroxylation is 2. The molecule has 1 aliphatic rings. The Bertz CT molecular complexity index is 619. The monoisotopic (exact) mass is 348 g/mol. The van der Waals surface area contributed by atoms with Gasteiger partial charge in [-0.1, -0.05) is 6.42 Å². The summed E-state index contributed by atoms with van der Waals surface area (Å²) in [4.78, 5) is 0.362. The molecular formula is C15H25ClN2O3S. The highest BCUT2D eigenvalue weighted by molar-refractivity contribution is 7.89. The van der Waals surface area contributed by atoms with E-state index in [0.29, 0.717) is 29.3 Å². The smallest absolute Gasteiger partial charge is 0.243 e. The number of hydrogen-bond donors (Lipinski definition) is 1. The van der Waals surface area contributed by atoms with Crippen LogP contribution in [0, 0.1) is 13.8 Å². The van der Waals surface area contributed by atoms with E-state index in [-0.39, 0.29) is 18.4 Å². The van der Waals surface area contributed by atoms with Crippen molar-refractivity contribution in [1.82, 2.24) is 4.31 Å². The standard InChI is InChI=1S/C15H24N2O3S.ClH/c1-11-9-15(12(2)8-14(11)20-3)21(18,19)17-7-5-4-6-13(17)10-16;/h8-9,13H,4-7,10,16H2,1-3H3;1H. The second kappa shape index (κ2) is 7.64. The molecule has 1 atom stereocenters. The van der Waals surface area contributed by atoms with Crippen LogP contribution in [0.2, 0.25) is 0 Å². The maximum absolute atomic E-state index is 13.0. The third kappa shape index (κ3) is 3.56. The van der Waals surface area contributed by atoms with Crippen molar-refractivity contribution in [1.29, 1.82) is 0 Å². The highest BCUT2D eigenvalue weighted by atomic mass is 35.5. The quantitative estimate of drug-likeness (QED) is 0.905. The van der Waals surface area contributed by atoms with E-state index in [4.69, 9.17) is 10.5 Å². The molecule has 0 amide bonds. The fraction of sp³-hybridized carbons (Fsp3) is 0.600. The number of benzene rings is 1. The molecule has 1 saturated heterocycles.